The smallest absolute Gasteiger partial charge is 0.253 e. The standard InChI is InChI=1S/C16H25N3O2/c1-18(2)11-12-21-15-5-3-13(4-6-15)16(20)19-9-7-14(17)8-10-19/h3-6,14H,7-12,17H2,1-2H3. The van der Waals surface area contributed by atoms with E-state index < -0.39 is 0 Å². The molecule has 0 unspecified atom stereocenters. The highest BCUT2D eigenvalue weighted by molar-refractivity contribution is 5.94. The second-order valence-corrected chi connectivity index (χ2v) is 5.81. The van der Waals surface area contributed by atoms with Crippen molar-refractivity contribution in [2.45, 2.75) is 18.9 Å². The van der Waals surface area contributed by atoms with Crippen molar-refractivity contribution in [3.63, 3.8) is 0 Å². The number of likely N-dealkylation sites (tertiary alicyclic amines) is 1. The Morgan fingerprint density at radius 2 is 1.90 bits per heavy atom. The van der Waals surface area contributed by atoms with Crippen molar-refractivity contribution in [1.29, 1.82) is 0 Å². The fourth-order valence-corrected chi connectivity index (χ4v) is 2.32. The van der Waals surface area contributed by atoms with Crippen LogP contribution in [0.5, 0.6) is 5.75 Å². The number of carbonyl (C=O) groups is 1. The van der Waals surface area contributed by atoms with E-state index in [1.165, 1.54) is 0 Å². The van der Waals surface area contributed by atoms with Gasteiger partial charge in [0.05, 0.1) is 0 Å². The maximum Gasteiger partial charge on any atom is 0.253 e. The number of likely N-dealkylation sites (N-methyl/N-ethyl adjacent to an activating group) is 1. The number of hydrogen-bond acceptors (Lipinski definition) is 4. The van der Waals surface area contributed by atoms with Crippen LogP contribution >= 0.6 is 0 Å². The molecule has 2 N–H and O–H groups in total. The minimum Gasteiger partial charge on any atom is -0.492 e. The van der Waals surface area contributed by atoms with Crippen molar-refractivity contribution in [2.24, 2.45) is 5.73 Å². The number of piperidine rings is 1. The Bertz CT molecular complexity index is 451. The summed E-state index contributed by atoms with van der Waals surface area (Å²) < 4.78 is 5.63. The summed E-state index contributed by atoms with van der Waals surface area (Å²) in [6.07, 6.45) is 1.77. The molecular formula is C16H25N3O2. The van der Waals surface area contributed by atoms with Crippen LogP contribution in [0.25, 0.3) is 0 Å². The number of nitrogens with two attached hydrogens (primary N) is 1. The van der Waals surface area contributed by atoms with Crippen molar-refractivity contribution in [3.8, 4) is 5.75 Å². The van der Waals surface area contributed by atoms with Gasteiger partial charge < -0.3 is 20.3 Å². The van der Waals surface area contributed by atoms with Crippen molar-refractivity contribution in [1.82, 2.24) is 9.80 Å². The van der Waals surface area contributed by atoms with E-state index >= 15 is 0 Å². The Morgan fingerprint density at radius 3 is 2.48 bits per heavy atom. The van der Waals surface area contributed by atoms with Crippen LogP contribution in [0.15, 0.2) is 24.3 Å². The molecule has 0 bridgehead atoms. The van der Waals surface area contributed by atoms with Crippen molar-refractivity contribution in [3.05, 3.63) is 29.8 Å². The molecule has 1 aliphatic rings. The normalized spacial score (nSPS) is 16.3. The Labute approximate surface area is 126 Å². The predicted molar refractivity (Wildman–Crippen MR) is 83.6 cm³/mol. The summed E-state index contributed by atoms with van der Waals surface area (Å²) in [6.45, 7) is 3.02. The number of hydrogen-bond donors (Lipinski definition) is 1. The topological polar surface area (TPSA) is 58.8 Å². The Hall–Kier alpha value is -1.59. The van der Waals surface area contributed by atoms with E-state index in [2.05, 4.69) is 4.90 Å². The summed E-state index contributed by atoms with van der Waals surface area (Å²) in [5, 5.41) is 0. The highest BCUT2D eigenvalue weighted by atomic mass is 16.5. The number of amides is 1. The first kappa shape index (κ1) is 15.8. The molecule has 1 aliphatic heterocycles. The summed E-state index contributed by atoms with van der Waals surface area (Å²) in [7, 11) is 4.02. The molecule has 116 valence electrons. The minimum atomic E-state index is 0.0849. The molecular weight excluding hydrogens is 266 g/mol. The van der Waals surface area contributed by atoms with Gasteiger partial charge in [0.1, 0.15) is 12.4 Å². The van der Waals surface area contributed by atoms with Gasteiger partial charge >= 0.3 is 0 Å². The average Bonchev–Trinajstić information content (AvgIpc) is 2.48. The monoisotopic (exact) mass is 291 g/mol. The van der Waals surface area contributed by atoms with E-state index in [-0.39, 0.29) is 11.9 Å². The number of ether oxygens (including phenoxy) is 1. The van der Waals surface area contributed by atoms with E-state index in [4.69, 9.17) is 10.5 Å². The average molecular weight is 291 g/mol. The first-order chi connectivity index (χ1) is 10.1. The summed E-state index contributed by atoms with van der Waals surface area (Å²) in [4.78, 5) is 16.3. The van der Waals surface area contributed by atoms with Gasteiger partial charge in [0.15, 0.2) is 0 Å². The van der Waals surface area contributed by atoms with Crippen LogP contribution < -0.4 is 10.5 Å². The van der Waals surface area contributed by atoms with Crippen molar-refractivity contribution in [2.75, 3.05) is 40.3 Å². The fraction of sp³-hybridized carbons (Fsp3) is 0.562. The van der Waals surface area contributed by atoms with E-state index in [0.29, 0.717) is 12.2 Å². The molecule has 1 heterocycles. The highest BCUT2D eigenvalue weighted by Gasteiger charge is 2.21. The quantitative estimate of drug-likeness (QED) is 0.885. The second kappa shape index (κ2) is 7.43. The van der Waals surface area contributed by atoms with Crippen LogP contribution in [0.4, 0.5) is 0 Å². The van der Waals surface area contributed by atoms with Crippen LogP contribution in [0.2, 0.25) is 0 Å². The molecule has 0 spiro atoms. The van der Waals surface area contributed by atoms with Gasteiger partial charge in [0, 0.05) is 31.2 Å². The number of benzene rings is 1. The Balaban J connectivity index is 1.87. The summed E-state index contributed by atoms with van der Waals surface area (Å²) >= 11 is 0. The third-order valence-electron chi connectivity index (χ3n) is 3.74. The zero-order chi connectivity index (χ0) is 15.2. The molecule has 1 aromatic rings. The molecule has 1 amide bonds. The number of rotatable bonds is 5. The largest absolute Gasteiger partial charge is 0.492 e. The third kappa shape index (κ3) is 4.72. The molecule has 0 atom stereocenters. The molecule has 0 aliphatic carbocycles. The summed E-state index contributed by atoms with van der Waals surface area (Å²) in [5.41, 5.74) is 6.58. The molecule has 5 heteroatoms. The third-order valence-corrected chi connectivity index (χ3v) is 3.74. The van der Waals surface area contributed by atoms with Crippen LogP contribution in [-0.4, -0.2) is 62.1 Å². The molecule has 0 radical (unpaired) electrons. The van der Waals surface area contributed by atoms with Gasteiger partial charge in [-0.05, 0) is 51.2 Å². The van der Waals surface area contributed by atoms with Crippen LogP contribution in [0, 0.1) is 0 Å². The predicted octanol–water partition coefficient (Wildman–Crippen LogP) is 1.19. The maximum atomic E-state index is 12.4. The molecule has 1 fully saturated rings. The van der Waals surface area contributed by atoms with Crippen molar-refractivity contribution < 1.29 is 9.53 Å². The number of carbonyl (C=O) groups excluding carboxylic acids is 1. The van der Waals surface area contributed by atoms with Gasteiger partial charge in [-0.2, -0.15) is 0 Å². The van der Waals surface area contributed by atoms with Gasteiger partial charge in [0.25, 0.3) is 5.91 Å². The summed E-state index contributed by atoms with van der Waals surface area (Å²) in [5.74, 6) is 0.885. The van der Waals surface area contributed by atoms with E-state index in [0.717, 1.165) is 38.2 Å². The van der Waals surface area contributed by atoms with Crippen molar-refractivity contribution >= 4 is 5.91 Å². The first-order valence-corrected chi connectivity index (χ1v) is 7.48. The van der Waals surface area contributed by atoms with Gasteiger partial charge in [-0.25, -0.2) is 0 Å². The van der Waals surface area contributed by atoms with Gasteiger partial charge in [-0.1, -0.05) is 0 Å². The van der Waals surface area contributed by atoms with E-state index in [1.807, 2.05) is 43.3 Å². The van der Waals surface area contributed by atoms with Crippen LogP contribution in [-0.2, 0) is 0 Å². The zero-order valence-electron chi connectivity index (χ0n) is 12.9. The van der Waals surface area contributed by atoms with E-state index in [9.17, 15) is 4.79 Å². The minimum absolute atomic E-state index is 0.0849. The molecule has 1 aromatic carbocycles. The molecule has 5 nitrogen and oxygen atoms in total. The van der Waals surface area contributed by atoms with Gasteiger partial charge in [-0.3, -0.25) is 4.79 Å². The fourth-order valence-electron chi connectivity index (χ4n) is 2.32. The molecule has 2 rings (SSSR count). The highest BCUT2D eigenvalue weighted by Crippen LogP contribution is 2.16. The number of nitrogens with zero attached hydrogens (tertiary/aromatic N) is 2. The second-order valence-electron chi connectivity index (χ2n) is 5.81. The molecule has 0 aromatic heterocycles. The first-order valence-electron chi connectivity index (χ1n) is 7.48. The lowest BCUT2D eigenvalue weighted by Crippen LogP contribution is -2.42. The SMILES string of the molecule is CN(C)CCOc1ccc(C(=O)N2CCC(N)CC2)cc1. The lowest BCUT2D eigenvalue weighted by atomic mass is 10.0. The molecule has 0 saturated carbocycles. The Morgan fingerprint density at radius 1 is 1.29 bits per heavy atom. The van der Waals surface area contributed by atoms with Gasteiger partial charge in [-0.15, -0.1) is 0 Å². The lowest BCUT2D eigenvalue weighted by molar-refractivity contribution is 0.0714. The molecule has 1 saturated heterocycles. The maximum absolute atomic E-state index is 12.4. The zero-order valence-corrected chi connectivity index (χ0v) is 12.9. The molecule has 21 heavy (non-hydrogen) atoms. The van der Waals surface area contributed by atoms with Gasteiger partial charge in [0.2, 0.25) is 0 Å². The van der Waals surface area contributed by atoms with Crippen LogP contribution in [0.1, 0.15) is 23.2 Å². The van der Waals surface area contributed by atoms with Crippen LogP contribution in [0.3, 0.4) is 0 Å². The van der Waals surface area contributed by atoms with E-state index in [1.54, 1.807) is 0 Å². The summed E-state index contributed by atoms with van der Waals surface area (Å²) in [6, 6.07) is 7.63. The lowest BCUT2D eigenvalue weighted by Gasteiger charge is -2.30. The Kier molecular flexibility index (Phi) is 5.59.